The van der Waals surface area contributed by atoms with Crippen molar-refractivity contribution in [3.05, 3.63) is 83.8 Å². The number of pyridine rings is 1. The molecule has 6 heteroatoms. The van der Waals surface area contributed by atoms with Crippen molar-refractivity contribution in [2.24, 2.45) is 15.7 Å². The Morgan fingerprint density at radius 1 is 1.14 bits per heavy atom. The second-order valence-corrected chi connectivity index (χ2v) is 6.36. The number of hydrogen-bond donors (Lipinski definition) is 1. The second-order valence-electron chi connectivity index (χ2n) is 6.36. The molecule has 4 nitrogen and oxygen atoms in total. The predicted molar refractivity (Wildman–Crippen MR) is 111 cm³/mol. The predicted octanol–water partition coefficient (Wildman–Crippen LogP) is 4.20. The van der Waals surface area contributed by atoms with E-state index in [1.807, 2.05) is 24.3 Å². The summed E-state index contributed by atoms with van der Waals surface area (Å²) in [7, 11) is 1.63. The quantitative estimate of drug-likeness (QED) is 0.654. The third kappa shape index (κ3) is 4.35. The fraction of sp³-hybridized carbons (Fsp3) is 0.136. The first-order chi connectivity index (χ1) is 13.5. The van der Waals surface area contributed by atoms with Gasteiger partial charge in [0, 0.05) is 42.7 Å². The van der Waals surface area contributed by atoms with Crippen molar-refractivity contribution in [2.75, 3.05) is 7.05 Å². The van der Waals surface area contributed by atoms with Crippen molar-refractivity contribution < 1.29 is 8.78 Å². The highest BCUT2D eigenvalue weighted by Gasteiger charge is 2.19. The third-order valence-electron chi connectivity index (χ3n) is 4.42. The molecule has 28 heavy (non-hydrogen) atoms. The number of nitrogens with zero attached hydrogens (tertiary/aromatic N) is 3. The molecule has 0 aliphatic rings. The van der Waals surface area contributed by atoms with Gasteiger partial charge in [0.05, 0.1) is 11.8 Å². The first-order valence-electron chi connectivity index (χ1n) is 8.69. The maximum Gasteiger partial charge on any atom is 0.126 e. The molecule has 0 unspecified atom stereocenters. The summed E-state index contributed by atoms with van der Waals surface area (Å²) in [6.45, 7) is 3.54. The molecule has 3 rings (SSSR count). The summed E-state index contributed by atoms with van der Waals surface area (Å²) in [5.41, 5.74) is 8.96. The van der Waals surface area contributed by atoms with Crippen molar-refractivity contribution in [2.45, 2.75) is 12.5 Å². The van der Waals surface area contributed by atoms with Crippen molar-refractivity contribution in [3.8, 4) is 0 Å². The lowest BCUT2D eigenvalue weighted by atomic mass is 9.92. The van der Waals surface area contributed by atoms with E-state index in [0.29, 0.717) is 16.8 Å². The van der Waals surface area contributed by atoms with E-state index < -0.39 is 17.7 Å². The summed E-state index contributed by atoms with van der Waals surface area (Å²) < 4.78 is 27.0. The van der Waals surface area contributed by atoms with Gasteiger partial charge < -0.3 is 5.73 Å². The van der Waals surface area contributed by atoms with Gasteiger partial charge >= 0.3 is 0 Å². The van der Waals surface area contributed by atoms with E-state index in [1.165, 1.54) is 12.1 Å². The van der Waals surface area contributed by atoms with E-state index in [-0.39, 0.29) is 6.42 Å². The largest absolute Gasteiger partial charge is 0.322 e. The monoisotopic (exact) mass is 378 g/mol. The van der Waals surface area contributed by atoms with E-state index in [9.17, 15) is 8.78 Å². The number of hydrogen-bond acceptors (Lipinski definition) is 4. The van der Waals surface area contributed by atoms with E-state index in [0.717, 1.165) is 22.4 Å². The van der Waals surface area contributed by atoms with Crippen LogP contribution < -0.4 is 5.73 Å². The highest BCUT2D eigenvalue weighted by molar-refractivity contribution is 6.26. The molecule has 0 fully saturated rings. The van der Waals surface area contributed by atoms with Gasteiger partial charge in [-0.3, -0.25) is 15.0 Å². The van der Waals surface area contributed by atoms with Crippen LogP contribution in [-0.4, -0.2) is 30.5 Å². The maximum atomic E-state index is 13.5. The molecule has 1 aromatic heterocycles. The lowest BCUT2D eigenvalue weighted by Gasteiger charge is -2.18. The van der Waals surface area contributed by atoms with Gasteiger partial charge in [0.25, 0.3) is 0 Å². The summed E-state index contributed by atoms with van der Waals surface area (Å²) in [6.07, 6.45) is 5.33. The number of rotatable bonds is 6. The van der Waals surface area contributed by atoms with E-state index in [1.54, 1.807) is 25.6 Å². The molecule has 0 bridgehead atoms. The molecular formula is C22H20F2N4. The van der Waals surface area contributed by atoms with Crippen LogP contribution in [0, 0.1) is 11.6 Å². The van der Waals surface area contributed by atoms with E-state index >= 15 is 0 Å². The SMILES string of the molecule is C=N/C=C(\C(=N/C)[C@@H](N)Cc1cc(F)cc(F)c1)c1ccc2cnccc2c1. The summed E-state index contributed by atoms with van der Waals surface area (Å²) in [4.78, 5) is 12.4. The van der Waals surface area contributed by atoms with Crippen LogP contribution in [0.4, 0.5) is 8.78 Å². The number of fused-ring (bicyclic) bond motifs is 1. The molecule has 0 amide bonds. The Kier molecular flexibility index (Phi) is 6.01. The topological polar surface area (TPSA) is 63.6 Å². The third-order valence-corrected chi connectivity index (χ3v) is 4.42. The van der Waals surface area contributed by atoms with Crippen molar-refractivity contribution in [1.29, 1.82) is 0 Å². The van der Waals surface area contributed by atoms with Crippen LogP contribution >= 0.6 is 0 Å². The average Bonchev–Trinajstić information content (AvgIpc) is 2.66. The Labute approximate surface area is 162 Å². The van der Waals surface area contributed by atoms with Crippen LogP contribution in [0.5, 0.6) is 0 Å². The van der Waals surface area contributed by atoms with Crippen molar-refractivity contribution in [3.63, 3.8) is 0 Å². The molecule has 0 aliphatic heterocycles. The van der Waals surface area contributed by atoms with Crippen LogP contribution in [0.15, 0.2) is 71.0 Å². The Morgan fingerprint density at radius 2 is 1.89 bits per heavy atom. The van der Waals surface area contributed by atoms with Gasteiger partial charge in [-0.15, -0.1) is 0 Å². The summed E-state index contributed by atoms with van der Waals surface area (Å²) in [5.74, 6) is -1.27. The maximum absolute atomic E-state index is 13.5. The summed E-state index contributed by atoms with van der Waals surface area (Å²) in [6, 6.07) is 10.6. The molecule has 142 valence electrons. The fourth-order valence-corrected chi connectivity index (χ4v) is 3.20. The smallest absolute Gasteiger partial charge is 0.126 e. The molecule has 1 heterocycles. The Balaban J connectivity index is 1.96. The number of aromatic nitrogens is 1. The van der Waals surface area contributed by atoms with Crippen LogP contribution in [0.25, 0.3) is 16.3 Å². The first kappa shape index (κ1) is 19.5. The van der Waals surface area contributed by atoms with Gasteiger partial charge in [-0.25, -0.2) is 8.78 Å². The standard InChI is InChI=1S/C22H20F2N4/c1-26-13-20(16-3-4-17-12-28-6-5-15(17)10-16)22(27-2)21(25)9-14-7-18(23)11-19(24)8-14/h3-8,10-13,21H,1,9,25H2,2H3/b20-13-,27-22+/t21-/m0/s1. The van der Waals surface area contributed by atoms with Gasteiger partial charge in [-0.1, -0.05) is 12.1 Å². The first-order valence-corrected chi connectivity index (χ1v) is 8.69. The highest BCUT2D eigenvalue weighted by Crippen LogP contribution is 2.24. The van der Waals surface area contributed by atoms with Gasteiger partial charge in [0.1, 0.15) is 11.6 Å². The Bertz CT molecular complexity index is 1050. The zero-order chi connectivity index (χ0) is 20.1. The molecule has 0 radical (unpaired) electrons. The van der Waals surface area contributed by atoms with Gasteiger partial charge in [0.15, 0.2) is 0 Å². The van der Waals surface area contributed by atoms with E-state index in [4.69, 9.17) is 5.73 Å². The molecule has 0 saturated heterocycles. The molecule has 2 aromatic carbocycles. The average molecular weight is 378 g/mol. The van der Waals surface area contributed by atoms with Crippen molar-refractivity contribution in [1.82, 2.24) is 4.98 Å². The minimum absolute atomic E-state index is 0.230. The van der Waals surface area contributed by atoms with Gasteiger partial charge in [-0.2, -0.15) is 0 Å². The zero-order valence-corrected chi connectivity index (χ0v) is 15.4. The minimum atomic E-state index is -0.635. The Hall–Kier alpha value is -3.25. The van der Waals surface area contributed by atoms with Gasteiger partial charge in [0.2, 0.25) is 0 Å². The number of aliphatic imine (C=N–C) groups is 2. The minimum Gasteiger partial charge on any atom is -0.322 e. The normalized spacial score (nSPS) is 13.6. The summed E-state index contributed by atoms with van der Waals surface area (Å²) >= 11 is 0. The second kappa shape index (κ2) is 8.63. The van der Waals surface area contributed by atoms with E-state index in [2.05, 4.69) is 21.7 Å². The molecular weight excluding hydrogens is 358 g/mol. The van der Waals surface area contributed by atoms with Crippen molar-refractivity contribution >= 4 is 28.8 Å². The van der Waals surface area contributed by atoms with Gasteiger partial charge in [-0.05, 0) is 53.9 Å². The molecule has 0 saturated carbocycles. The molecule has 1 atom stereocenters. The molecule has 0 aliphatic carbocycles. The fourth-order valence-electron chi connectivity index (χ4n) is 3.20. The number of halogens is 2. The number of benzene rings is 2. The zero-order valence-electron chi connectivity index (χ0n) is 15.4. The van der Waals surface area contributed by atoms with Crippen LogP contribution in [0.3, 0.4) is 0 Å². The molecule has 2 N–H and O–H groups in total. The lowest BCUT2D eigenvalue weighted by Crippen LogP contribution is -2.33. The van der Waals surface area contributed by atoms with Crippen LogP contribution in [0.2, 0.25) is 0 Å². The van der Waals surface area contributed by atoms with Crippen LogP contribution in [-0.2, 0) is 6.42 Å². The summed E-state index contributed by atoms with van der Waals surface area (Å²) in [5, 5.41) is 2.02. The van der Waals surface area contributed by atoms with Crippen LogP contribution in [0.1, 0.15) is 11.1 Å². The molecule has 0 spiro atoms. The Morgan fingerprint density at radius 3 is 2.57 bits per heavy atom. The molecule has 3 aromatic rings. The highest BCUT2D eigenvalue weighted by atomic mass is 19.1. The number of nitrogens with two attached hydrogens (primary N) is 1. The lowest BCUT2D eigenvalue weighted by molar-refractivity contribution is 0.579.